The Bertz CT molecular complexity index is 1170. The third kappa shape index (κ3) is 5.03. The van der Waals surface area contributed by atoms with Gasteiger partial charge in [-0.05, 0) is 48.7 Å². The van der Waals surface area contributed by atoms with Gasteiger partial charge in [0.25, 0.3) is 5.91 Å². The number of halogens is 1. The molecule has 1 amide bonds. The summed E-state index contributed by atoms with van der Waals surface area (Å²) in [6.07, 6.45) is 8.98. The summed E-state index contributed by atoms with van der Waals surface area (Å²) in [5.74, 6) is -0.354. The molecule has 0 saturated carbocycles. The molecule has 3 aromatic rings. The topological polar surface area (TPSA) is 84.3 Å². The molecule has 0 aliphatic carbocycles. The number of amides is 1. The van der Waals surface area contributed by atoms with Crippen molar-refractivity contribution in [1.82, 2.24) is 19.2 Å². The second-order valence-electron chi connectivity index (χ2n) is 7.78. The van der Waals surface area contributed by atoms with Gasteiger partial charge in [0, 0.05) is 43.3 Å². The first kappa shape index (κ1) is 22.5. The standard InChI is InChI=1S/C23H25ClN4O3S/c24-21-10-7-19(15-22(21)32(30,31)28-12-3-1-2-4-13-28)23(29)26-16-18-5-8-20(9-6-18)27-14-11-25-17-27/h5-11,14-15,17H,1-4,12-13,16H2,(H,26,29). The van der Waals surface area contributed by atoms with Crippen molar-refractivity contribution in [2.75, 3.05) is 13.1 Å². The molecule has 1 aromatic heterocycles. The van der Waals surface area contributed by atoms with Crippen LogP contribution in [0.1, 0.15) is 41.6 Å². The van der Waals surface area contributed by atoms with Crippen LogP contribution in [0.4, 0.5) is 0 Å². The Kier molecular flexibility index (Phi) is 6.93. The van der Waals surface area contributed by atoms with E-state index in [9.17, 15) is 13.2 Å². The van der Waals surface area contributed by atoms with Crippen molar-refractivity contribution in [3.05, 3.63) is 77.3 Å². The zero-order chi connectivity index (χ0) is 22.6. The summed E-state index contributed by atoms with van der Waals surface area (Å²) in [5, 5.41) is 2.97. The number of imidazole rings is 1. The van der Waals surface area contributed by atoms with E-state index in [1.54, 1.807) is 18.6 Å². The monoisotopic (exact) mass is 472 g/mol. The number of carbonyl (C=O) groups excluding carboxylic acids is 1. The molecule has 7 nitrogen and oxygen atoms in total. The lowest BCUT2D eigenvalue weighted by atomic mass is 10.2. The maximum Gasteiger partial charge on any atom is 0.251 e. The highest BCUT2D eigenvalue weighted by atomic mass is 35.5. The molecule has 1 fully saturated rings. The fourth-order valence-corrected chi connectivity index (χ4v) is 5.76. The number of hydrogen-bond acceptors (Lipinski definition) is 4. The summed E-state index contributed by atoms with van der Waals surface area (Å²) in [7, 11) is -3.75. The predicted octanol–water partition coefficient (Wildman–Crippen LogP) is 4.02. The highest BCUT2D eigenvalue weighted by Gasteiger charge is 2.28. The fourth-order valence-electron chi connectivity index (χ4n) is 3.75. The zero-order valence-electron chi connectivity index (χ0n) is 17.6. The highest BCUT2D eigenvalue weighted by molar-refractivity contribution is 7.89. The minimum Gasteiger partial charge on any atom is -0.348 e. The Morgan fingerprint density at radius 3 is 2.41 bits per heavy atom. The van der Waals surface area contributed by atoms with Crippen molar-refractivity contribution in [3.8, 4) is 5.69 Å². The van der Waals surface area contributed by atoms with Crippen molar-refractivity contribution in [3.63, 3.8) is 0 Å². The van der Waals surface area contributed by atoms with Gasteiger partial charge in [-0.1, -0.05) is 36.6 Å². The van der Waals surface area contributed by atoms with Crippen LogP contribution >= 0.6 is 11.6 Å². The van der Waals surface area contributed by atoms with Crippen LogP contribution in [0.25, 0.3) is 5.69 Å². The van der Waals surface area contributed by atoms with E-state index in [0.29, 0.717) is 19.6 Å². The van der Waals surface area contributed by atoms with E-state index < -0.39 is 10.0 Å². The molecule has 4 rings (SSSR count). The van der Waals surface area contributed by atoms with Gasteiger partial charge >= 0.3 is 0 Å². The Morgan fingerprint density at radius 2 is 1.75 bits per heavy atom. The van der Waals surface area contributed by atoms with Crippen LogP contribution in [0.15, 0.2) is 66.1 Å². The Labute approximate surface area is 193 Å². The van der Waals surface area contributed by atoms with Crippen LogP contribution in [0.5, 0.6) is 0 Å². The van der Waals surface area contributed by atoms with E-state index in [1.807, 2.05) is 35.0 Å². The van der Waals surface area contributed by atoms with Gasteiger partial charge < -0.3 is 9.88 Å². The third-order valence-corrected chi connectivity index (χ3v) is 7.95. The van der Waals surface area contributed by atoms with Gasteiger partial charge in [-0.2, -0.15) is 4.31 Å². The first-order valence-electron chi connectivity index (χ1n) is 10.6. The summed E-state index contributed by atoms with van der Waals surface area (Å²) < 4.78 is 29.7. The van der Waals surface area contributed by atoms with Gasteiger partial charge in [0.2, 0.25) is 10.0 Å². The number of nitrogens with zero attached hydrogens (tertiary/aromatic N) is 3. The molecule has 2 aromatic carbocycles. The number of benzene rings is 2. The molecule has 0 radical (unpaired) electrons. The van der Waals surface area contributed by atoms with Crippen LogP contribution in [-0.2, 0) is 16.6 Å². The normalized spacial score (nSPS) is 15.3. The number of aromatic nitrogens is 2. The van der Waals surface area contributed by atoms with Crippen molar-refractivity contribution >= 4 is 27.5 Å². The lowest BCUT2D eigenvalue weighted by Crippen LogP contribution is -2.32. The molecule has 0 atom stereocenters. The molecule has 1 aliphatic heterocycles. The molecular formula is C23H25ClN4O3S. The van der Waals surface area contributed by atoms with Crippen LogP contribution < -0.4 is 5.32 Å². The second kappa shape index (κ2) is 9.85. The van der Waals surface area contributed by atoms with Crippen LogP contribution in [-0.4, -0.2) is 41.3 Å². The number of sulfonamides is 1. The lowest BCUT2D eigenvalue weighted by molar-refractivity contribution is 0.0950. The van der Waals surface area contributed by atoms with Crippen molar-refractivity contribution in [2.45, 2.75) is 37.1 Å². The average Bonchev–Trinajstić information content (AvgIpc) is 3.19. The minimum atomic E-state index is -3.75. The first-order valence-corrected chi connectivity index (χ1v) is 12.4. The van der Waals surface area contributed by atoms with Gasteiger partial charge in [-0.15, -0.1) is 0 Å². The van der Waals surface area contributed by atoms with Crippen molar-refractivity contribution in [1.29, 1.82) is 0 Å². The summed E-state index contributed by atoms with van der Waals surface area (Å²) in [6, 6.07) is 12.1. The average molecular weight is 473 g/mol. The quantitative estimate of drug-likeness (QED) is 0.587. The third-order valence-electron chi connectivity index (χ3n) is 5.57. The molecule has 1 N–H and O–H groups in total. The number of hydrogen-bond donors (Lipinski definition) is 1. The largest absolute Gasteiger partial charge is 0.348 e. The lowest BCUT2D eigenvalue weighted by Gasteiger charge is -2.21. The van der Waals surface area contributed by atoms with Gasteiger partial charge in [-0.3, -0.25) is 4.79 Å². The summed E-state index contributed by atoms with van der Waals surface area (Å²) in [6.45, 7) is 1.27. The van der Waals surface area contributed by atoms with E-state index in [0.717, 1.165) is 36.9 Å². The fraction of sp³-hybridized carbons (Fsp3) is 0.304. The number of nitrogens with one attached hydrogen (secondary N) is 1. The van der Waals surface area contributed by atoms with E-state index in [-0.39, 0.29) is 21.4 Å². The van der Waals surface area contributed by atoms with Gasteiger partial charge in [-0.25, -0.2) is 13.4 Å². The van der Waals surface area contributed by atoms with Crippen molar-refractivity contribution < 1.29 is 13.2 Å². The van der Waals surface area contributed by atoms with E-state index in [2.05, 4.69) is 10.3 Å². The van der Waals surface area contributed by atoms with Crippen molar-refractivity contribution in [2.24, 2.45) is 0 Å². The maximum absolute atomic E-state index is 13.1. The van der Waals surface area contributed by atoms with Crippen LogP contribution in [0, 0.1) is 0 Å². The van der Waals surface area contributed by atoms with E-state index >= 15 is 0 Å². The summed E-state index contributed by atoms with van der Waals surface area (Å²) >= 11 is 6.23. The number of rotatable bonds is 6. The zero-order valence-corrected chi connectivity index (χ0v) is 19.1. The van der Waals surface area contributed by atoms with Gasteiger partial charge in [0.15, 0.2) is 0 Å². The minimum absolute atomic E-state index is 0.0154. The Hall–Kier alpha value is -2.68. The molecular weight excluding hydrogens is 448 g/mol. The number of carbonyl (C=O) groups is 1. The second-order valence-corrected chi connectivity index (χ2v) is 10.1. The first-order chi connectivity index (χ1) is 15.4. The molecule has 1 aliphatic rings. The van der Waals surface area contributed by atoms with E-state index in [4.69, 9.17) is 11.6 Å². The molecule has 9 heteroatoms. The van der Waals surface area contributed by atoms with E-state index in [1.165, 1.54) is 16.4 Å². The van der Waals surface area contributed by atoms with Crippen LogP contribution in [0.3, 0.4) is 0 Å². The Morgan fingerprint density at radius 1 is 1.03 bits per heavy atom. The summed E-state index contributed by atoms with van der Waals surface area (Å²) in [4.78, 5) is 16.7. The molecule has 168 valence electrons. The van der Waals surface area contributed by atoms with Gasteiger partial charge in [0.05, 0.1) is 11.3 Å². The molecule has 0 spiro atoms. The molecule has 0 unspecified atom stereocenters. The summed E-state index contributed by atoms with van der Waals surface area (Å²) in [5.41, 5.74) is 2.16. The SMILES string of the molecule is O=C(NCc1ccc(-n2ccnc2)cc1)c1ccc(Cl)c(S(=O)(=O)N2CCCCCC2)c1. The molecule has 2 heterocycles. The maximum atomic E-state index is 13.1. The molecule has 0 bridgehead atoms. The Balaban J connectivity index is 1.46. The smallest absolute Gasteiger partial charge is 0.251 e. The predicted molar refractivity (Wildman–Crippen MR) is 123 cm³/mol. The molecule has 32 heavy (non-hydrogen) atoms. The van der Waals surface area contributed by atoms with Gasteiger partial charge in [0.1, 0.15) is 4.90 Å². The van der Waals surface area contributed by atoms with Crippen LogP contribution in [0.2, 0.25) is 5.02 Å². The highest BCUT2D eigenvalue weighted by Crippen LogP contribution is 2.27. The molecule has 1 saturated heterocycles.